The molecule has 0 spiro atoms. The molecule has 0 aromatic heterocycles. The molecule has 0 aliphatic heterocycles. The minimum atomic E-state index is -4.33. The van der Waals surface area contributed by atoms with Crippen molar-refractivity contribution in [3.63, 3.8) is 0 Å². The number of nitrogens with one attached hydrogen (secondary N) is 1. The predicted molar refractivity (Wildman–Crippen MR) is 41.5 cm³/mol. The zero-order valence-corrected chi connectivity index (χ0v) is 6.80. The van der Waals surface area contributed by atoms with Crippen LogP contribution in [-0.2, 0) is 11.0 Å². The summed E-state index contributed by atoms with van der Waals surface area (Å²) < 4.78 is 35.5. The van der Waals surface area contributed by atoms with Gasteiger partial charge in [-0.25, -0.2) is 10.2 Å². The highest BCUT2D eigenvalue weighted by Gasteiger charge is 2.29. The Hall–Kier alpha value is -1.81. The first-order valence-electron chi connectivity index (χ1n) is 3.32. The number of benzene rings is 1. The Morgan fingerprint density at radius 2 is 1.57 bits per heavy atom. The SMILES string of the molecule is N=C=O.Oc1ccc(C(F)(F)F)cc1. The van der Waals surface area contributed by atoms with E-state index < -0.39 is 11.7 Å². The number of isocyanates is 1. The minimum Gasteiger partial charge on any atom is -0.508 e. The van der Waals surface area contributed by atoms with E-state index in [0.29, 0.717) is 0 Å². The van der Waals surface area contributed by atoms with E-state index >= 15 is 0 Å². The molecule has 0 aliphatic rings. The summed E-state index contributed by atoms with van der Waals surface area (Å²) in [6.07, 6.45) is -3.58. The van der Waals surface area contributed by atoms with Gasteiger partial charge in [0.25, 0.3) is 0 Å². The van der Waals surface area contributed by atoms with Crippen molar-refractivity contribution in [3.8, 4) is 5.75 Å². The number of carbonyl (C=O) groups excluding carboxylic acids is 1. The van der Waals surface area contributed by atoms with Crippen LogP contribution in [0.25, 0.3) is 0 Å². The van der Waals surface area contributed by atoms with Crippen molar-refractivity contribution < 1.29 is 23.1 Å². The van der Waals surface area contributed by atoms with Crippen LogP contribution in [0.5, 0.6) is 5.75 Å². The molecule has 0 radical (unpaired) electrons. The Bertz CT molecular complexity index is 312. The average molecular weight is 205 g/mol. The van der Waals surface area contributed by atoms with Crippen LogP contribution < -0.4 is 0 Å². The molecule has 1 aromatic carbocycles. The molecule has 0 saturated heterocycles. The molecule has 0 fully saturated rings. The van der Waals surface area contributed by atoms with E-state index in [1.807, 2.05) is 0 Å². The molecule has 0 aliphatic carbocycles. The minimum absolute atomic E-state index is 0.169. The fourth-order valence-electron chi connectivity index (χ4n) is 0.650. The highest BCUT2D eigenvalue weighted by atomic mass is 19.4. The zero-order valence-electron chi connectivity index (χ0n) is 6.80. The first kappa shape index (κ1) is 12.2. The second kappa shape index (κ2) is 5.04. The number of hydrogen-bond donors (Lipinski definition) is 2. The molecule has 6 heteroatoms. The molecular formula is C8H6F3NO2. The molecular weight excluding hydrogens is 199 g/mol. The maximum atomic E-state index is 11.8. The summed E-state index contributed by atoms with van der Waals surface area (Å²) in [5, 5.41) is 14.1. The van der Waals surface area contributed by atoms with Crippen LogP contribution in [0.15, 0.2) is 24.3 Å². The van der Waals surface area contributed by atoms with Gasteiger partial charge >= 0.3 is 6.18 Å². The van der Waals surface area contributed by atoms with E-state index in [-0.39, 0.29) is 5.75 Å². The van der Waals surface area contributed by atoms with Gasteiger partial charge in [-0.3, -0.25) is 0 Å². The van der Waals surface area contributed by atoms with Crippen molar-refractivity contribution in [2.45, 2.75) is 6.18 Å². The lowest BCUT2D eigenvalue weighted by molar-refractivity contribution is -0.137. The number of rotatable bonds is 0. The summed E-state index contributed by atoms with van der Waals surface area (Å²) in [6, 6.07) is 3.66. The highest BCUT2D eigenvalue weighted by Crippen LogP contribution is 2.29. The number of halogens is 3. The summed E-state index contributed by atoms with van der Waals surface area (Å²) in [5.41, 5.74) is -0.754. The molecule has 0 saturated carbocycles. The van der Waals surface area contributed by atoms with Crippen molar-refractivity contribution in [1.29, 1.82) is 5.41 Å². The number of phenolic OH excluding ortho intramolecular Hbond substituents is 1. The number of hydrogen-bond acceptors (Lipinski definition) is 3. The number of aromatic hydroxyl groups is 1. The topological polar surface area (TPSA) is 61.2 Å². The van der Waals surface area contributed by atoms with E-state index in [4.69, 9.17) is 15.3 Å². The molecule has 14 heavy (non-hydrogen) atoms. The second-order valence-corrected chi connectivity index (χ2v) is 2.15. The van der Waals surface area contributed by atoms with Crippen LogP contribution in [0.3, 0.4) is 0 Å². The molecule has 1 aromatic rings. The lowest BCUT2D eigenvalue weighted by Gasteiger charge is -2.04. The monoisotopic (exact) mass is 205 g/mol. The van der Waals surface area contributed by atoms with Gasteiger partial charge < -0.3 is 5.11 Å². The largest absolute Gasteiger partial charge is 0.508 e. The first-order chi connectivity index (χ1) is 6.41. The Morgan fingerprint density at radius 1 is 1.21 bits per heavy atom. The van der Waals surface area contributed by atoms with Gasteiger partial charge in [0.15, 0.2) is 0 Å². The normalized spacial score (nSPS) is 9.64. The standard InChI is InChI=1S/C7H5F3O.CHNO/c8-7(9,10)5-1-3-6(11)4-2-5;2-1-3/h1-4,11H;2H. The van der Waals surface area contributed by atoms with Gasteiger partial charge in [0.05, 0.1) is 5.56 Å². The van der Waals surface area contributed by atoms with Gasteiger partial charge in [0, 0.05) is 0 Å². The molecule has 76 valence electrons. The van der Waals surface area contributed by atoms with Gasteiger partial charge in [0.1, 0.15) is 5.75 Å². The maximum Gasteiger partial charge on any atom is 0.416 e. The van der Waals surface area contributed by atoms with Crippen LogP contribution in [0.4, 0.5) is 13.2 Å². The summed E-state index contributed by atoms with van der Waals surface area (Å²) >= 11 is 0. The third-order valence-corrected chi connectivity index (χ3v) is 1.19. The fraction of sp³-hybridized carbons (Fsp3) is 0.125. The second-order valence-electron chi connectivity index (χ2n) is 2.15. The van der Waals surface area contributed by atoms with Gasteiger partial charge in [-0.2, -0.15) is 13.2 Å². The van der Waals surface area contributed by atoms with E-state index in [0.717, 1.165) is 30.3 Å². The van der Waals surface area contributed by atoms with Gasteiger partial charge in [-0.15, -0.1) is 0 Å². The first-order valence-corrected chi connectivity index (χ1v) is 3.32. The zero-order chi connectivity index (χ0) is 11.2. The lowest BCUT2D eigenvalue weighted by Crippen LogP contribution is -2.03. The average Bonchev–Trinajstić information content (AvgIpc) is 2.04. The molecule has 2 N–H and O–H groups in total. The quantitative estimate of drug-likeness (QED) is 0.504. The summed E-state index contributed by atoms with van der Waals surface area (Å²) in [4.78, 5) is 8.35. The third-order valence-electron chi connectivity index (χ3n) is 1.19. The Kier molecular flexibility index (Phi) is 4.38. The van der Waals surface area contributed by atoms with Crippen molar-refractivity contribution in [2.75, 3.05) is 0 Å². The van der Waals surface area contributed by atoms with E-state index in [9.17, 15) is 13.2 Å². The Balaban J connectivity index is 0.000000500. The fourth-order valence-corrected chi connectivity index (χ4v) is 0.650. The predicted octanol–water partition coefficient (Wildman–Crippen LogP) is 2.31. The number of phenols is 1. The van der Waals surface area contributed by atoms with Crippen molar-refractivity contribution in [1.82, 2.24) is 0 Å². The van der Waals surface area contributed by atoms with Crippen LogP contribution in [-0.4, -0.2) is 11.2 Å². The third kappa shape index (κ3) is 4.27. The van der Waals surface area contributed by atoms with E-state index in [1.165, 1.54) is 0 Å². The van der Waals surface area contributed by atoms with Crippen LogP contribution in [0.2, 0.25) is 0 Å². The van der Waals surface area contributed by atoms with Crippen LogP contribution in [0, 0.1) is 5.41 Å². The summed E-state index contributed by atoms with van der Waals surface area (Å²) in [5.74, 6) is -0.169. The molecule has 0 atom stereocenters. The van der Waals surface area contributed by atoms with Crippen molar-refractivity contribution in [2.24, 2.45) is 0 Å². The molecule has 1 rings (SSSR count). The van der Waals surface area contributed by atoms with Gasteiger partial charge in [0.2, 0.25) is 6.08 Å². The van der Waals surface area contributed by atoms with Crippen molar-refractivity contribution in [3.05, 3.63) is 29.8 Å². The molecule has 0 heterocycles. The maximum absolute atomic E-state index is 11.8. The van der Waals surface area contributed by atoms with E-state index in [1.54, 1.807) is 0 Å². The summed E-state index contributed by atoms with van der Waals surface area (Å²) in [7, 11) is 0. The Morgan fingerprint density at radius 3 is 1.86 bits per heavy atom. The molecule has 0 bridgehead atoms. The number of alkyl halides is 3. The van der Waals surface area contributed by atoms with Crippen LogP contribution >= 0.6 is 0 Å². The van der Waals surface area contributed by atoms with Crippen LogP contribution in [0.1, 0.15) is 5.56 Å². The molecule has 0 amide bonds. The molecule has 3 nitrogen and oxygen atoms in total. The summed E-state index contributed by atoms with van der Waals surface area (Å²) in [6.45, 7) is 0. The Labute approximate surface area is 77.3 Å². The van der Waals surface area contributed by atoms with E-state index in [2.05, 4.69) is 0 Å². The van der Waals surface area contributed by atoms with Gasteiger partial charge in [-0.1, -0.05) is 0 Å². The lowest BCUT2D eigenvalue weighted by atomic mass is 10.2. The highest BCUT2D eigenvalue weighted by molar-refractivity contribution is 5.27. The van der Waals surface area contributed by atoms with Gasteiger partial charge in [-0.05, 0) is 24.3 Å². The van der Waals surface area contributed by atoms with Crippen molar-refractivity contribution >= 4 is 6.08 Å². The molecule has 0 unspecified atom stereocenters. The smallest absolute Gasteiger partial charge is 0.416 e.